The van der Waals surface area contributed by atoms with Crippen LogP contribution >= 0.6 is 0 Å². The van der Waals surface area contributed by atoms with Crippen molar-refractivity contribution in [2.45, 2.75) is 20.3 Å². The zero-order valence-electron chi connectivity index (χ0n) is 13.3. The summed E-state index contributed by atoms with van der Waals surface area (Å²) >= 11 is 0. The van der Waals surface area contributed by atoms with E-state index in [0.717, 1.165) is 37.4 Å². The predicted molar refractivity (Wildman–Crippen MR) is 84.7 cm³/mol. The number of ether oxygens (including phenoxy) is 1. The molecule has 0 bridgehead atoms. The maximum Gasteiger partial charge on any atom is 0.253 e. The molecule has 1 heterocycles. The van der Waals surface area contributed by atoms with Crippen molar-refractivity contribution in [2.24, 2.45) is 11.8 Å². The number of hydrogen-bond acceptors (Lipinski definition) is 3. The molecule has 1 aliphatic heterocycles. The van der Waals surface area contributed by atoms with Crippen molar-refractivity contribution >= 4 is 5.91 Å². The van der Waals surface area contributed by atoms with Gasteiger partial charge >= 0.3 is 0 Å². The molecule has 0 spiro atoms. The number of likely N-dealkylation sites (tertiary alicyclic amines) is 1. The first-order valence-electron chi connectivity index (χ1n) is 7.77. The molecule has 1 atom stereocenters. The van der Waals surface area contributed by atoms with Crippen LogP contribution in [-0.2, 0) is 0 Å². The summed E-state index contributed by atoms with van der Waals surface area (Å²) in [5.41, 5.74) is 0.723. The molecule has 21 heavy (non-hydrogen) atoms. The molecule has 2 rings (SSSR count). The van der Waals surface area contributed by atoms with E-state index in [2.05, 4.69) is 19.2 Å². The molecule has 1 aromatic carbocycles. The fraction of sp³-hybridized carbons (Fsp3) is 0.588. The molecule has 1 unspecified atom stereocenters. The smallest absolute Gasteiger partial charge is 0.253 e. The van der Waals surface area contributed by atoms with Crippen LogP contribution in [0.3, 0.4) is 0 Å². The third kappa shape index (κ3) is 4.46. The fourth-order valence-electron chi connectivity index (χ4n) is 2.64. The summed E-state index contributed by atoms with van der Waals surface area (Å²) in [7, 11) is 1.96. The number of hydrogen-bond donors (Lipinski definition) is 1. The average Bonchev–Trinajstić information content (AvgIpc) is 2.94. The minimum absolute atomic E-state index is 0.114. The van der Waals surface area contributed by atoms with Gasteiger partial charge in [-0.3, -0.25) is 4.79 Å². The molecule has 4 nitrogen and oxygen atoms in total. The van der Waals surface area contributed by atoms with Crippen LogP contribution in [-0.4, -0.2) is 44.1 Å². The molecular weight excluding hydrogens is 264 g/mol. The van der Waals surface area contributed by atoms with Gasteiger partial charge in [0.1, 0.15) is 5.75 Å². The van der Waals surface area contributed by atoms with Crippen molar-refractivity contribution in [3.63, 3.8) is 0 Å². The highest BCUT2D eigenvalue weighted by molar-refractivity contribution is 5.94. The first-order valence-corrected chi connectivity index (χ1v) is 7.77. The van der Waals surface area contributed by atoms with Crippen LogP contribution in [0.2, 0.25) is 0 Å². The number of nitrogens with one attached hydrogen (secondary N) is 1. The molecule has 0 aromatic heterocycles. The Labute approximate surface area is 127 Å². The van der Waals surface area contributed by atoms with Crippen molar-refractivity contribution in [2.75, 3.05) is 33.3 Å². The Morgan fingerprint density at radius 2 is 2.29 bits per heavy atom. The van der Waals surface area contributed by atoms with Crippen molar-refractivity contribution in [1.82, 2.24) is 10.2 Å². The Bertz CT molecular complexity index is 474. The van der Waals surface area contributed by atoms with Gasteiger partial charge in [-0.15, -0.1) is 0 Å². The standard InChI is InChI=1S/C17H26N2O2/c1-13(2)12-21-16-6-4-5-15(9-16)17(20)19-8-7-14(11-19)10-18-3/h4-6,9,13-14,18H,7-8,10-12H2,1-3H3. The Hall–Kier alpha value is -1.55. The molecule has 116 valence electrons. The number of nitrogens with zero attached hydrogens (tertiary/aromatic N) is 1. The summed E-state index contributed by atoms with van der Waals surface area (Å²) in [5, 5.41) is 3.19. The topological polar surface area (TPSA) is 41.6 Å². The molecule has 1 aliphatic rings. The first kappa shape index (κ1) is 15.8. The Kier molecular flexibility index (Phi) is 5.62. The van der Waals surface area contributed by atoms with Crippen molar-refractivity contribution in [3.8, 4) is 5.75 Å². The number of benzene rings is 1. The molecule has 0 radical (unpaired) electrons. The third-order valence-electron chi connectivity index (χ3n) is 3.73. The van der Waals surface area contributed by atoms with Gasteiger partial charge < -0.3 is 15.0 Å². The van der Waals surface area contributed by atoms with E-state index in [0.29, 0.717) is 18.4 Å². The van der Waals surface area contributed by atoms with Crippen LogP contribution in [0.15, 0.2) is 24.3 Å². The normalized spacial score (nSPS) is 18.3. The van der Waals surface area contributed by atoms with E-state index in [-0.39, 0.29) is 5.91 Å². The molecule has 1 aromatic rings. The third-order valence-corrected chi connectivity index (χ3v) is 3.73. The number of carbonyl (C=O) groups excluding carboxylic acids is 1. The summed E-state index contributed by atoms with van der Waals surface area (Å²) in [6.07, 6.45) is 1.08. The van der Waals surface area contributed by atoms with Crippen LogP contribution < -0.4 is 10.1 Å². The molecular formula is C17H26N2O2. The van der Waals surface area contributed by atoms with Gasteiger partial charge in [-0.1, -0.05) is 19.9 Å². The maximum atomic E-state index is 12.5. The van der Waals surface area contributed by atoms with Gasteiger partial charge in [-0.2, -0.15) is 0 Å². The predicted octanol–water partition coefficient (Wildman–Crippen LogP) is 2.40. The van der Waals surface area contributed by atoms with Gasteiger partial charge in [0.2, 0.25) is 0 Å². The molecule has 4 heteroatoms. The van der Waals surface area contributed by atoms with Crippen LogP contribution in [0.5, 0.6) is 5.75 Å². The summed E-state index contributed by atoms with van der Waals surface area (Å²) in [6.45, 7) is 7.56. The quantitative estimate of drug-likeness (QED) is 0.875. The summed E-state index contributed by atoms with van der Waals surface area (Å²) in [6, 6.07) is 7.53. The summed E-state index contributed by atoms with van der Waals surface area (Å²) in [5.74, 6) is 1.94. The van der Waals surface area contributed by atoms with Gasteiger partial charge in [0.15, 0.2) is 0 Å². The molecule has 1 N–H and O–H groups in total. The monoisotopic (exact) mass is 290 g/mol. The number of amides is 1. The van der Waals surface area contributed by atoms with Crippen LogP contribution in [0.1, 0.15) is 30.6 Å². The van der Waals surface area contributed by atoms with E-state index in [4.69, 9.17) is 4.74 Å². The van der Waals surface area contributed by atoms with Gasteiger partial charge in [0.25, 0.3) is 5.91 Å². The van der Waals surface area contributed by atoms with Crippen molar-refractivity contribution < 1.29 is 9.53 Å². The van der Waals surface area contributed by atoms with E-state index in [1.807, 2.05) is 36.2 Å². The van der Waals surface area contributed by atoms with Crippen molar-refractivity contribution in [3.05, 3.63) is 29.8 Å². The molecule has 1 fully saturated rings. The minimum Gasteiger partial charge on any atom is -0.493 e. The lowest BCUT2D eigenvalue weighted by molar-refractivity contribution is 0.0786. The van der Waals surface area contributed by atoms with E-state index in [9.17, 15) is 4.79 Å². The van der Waals surface area contributed by atoms with Gasteiger partial charge in [-0.25, -0.2) is 0 Å². The lowest BCUT2D eigenvalue weighted by Crippen LogP contribution is -2.30. The second-order valence-electron chi connectivity index (χ2n) is 6.20. The van der Waals surface area contributed by atoms with Gasteiger partial charge in [0, 0.05) is 18.7 Å². The van der Waals surface area contributed by atoms with Crippen molar-refractivity contribution in [1.29, 1.82) is 0 Å². The minimum atomic E-state index is 0.114. The maximum absolute atomic E-state index is 12.5. The molecule has 0 aliphatic carbocycles. The lowest BCUT2D eigenvalue weighted by Gasteiger charge is -2.17. The molecule has 1 saturated heterocycles. The van der Waals surface area contributed by atoms with Gasteiger partial charge in [-0.05, 0) is 50.0 Å². The Balaban J connectivity index is 1.98. The van der Waals surface area contributed by atoms with E-state index < -0.39 is 0 Å². The van der Waals surface area contributed by atoms with Crippen LogP contribution in [0.4, 0.5) is 0 Å². The highest BCUT2D eigenvalue weighted by Crippen LogP contribution is 2.20. The number of carbonyl (C=O) groups is 1. The molecule has 0 saturated carbocycles. The number of rotatable bonds is 6. The lowest BCUT2D eigenvalue weighted by atomic mass is 10.1. The van der Waals surface area contributed by atoms with E-state index in [1.165, 1.54) is 0 Å². The summed E-state index contributed by atoms with van der Waals surface area (Å²) in [4.78, 5) is 14.5. The SMILES string of the molecule is CNCC1CCN(C(=O)c2cccc(OCC(C)C)c2)C1. The zero-order chi connectivity index (χ0) is 15.2. The van der Waals surface area contributed by atoms with Crippen LogP contribution in [0, 0.1) is 11.8 Å². The largest absolute Gasteiger partial charge is 0.493 e. The first-order chi connectivity index (χ1) is 10.1. The highest BCUT2D eigenvalue weighted by Gasteiger charge is 2.26. The van der Waals surface area contributed by atoms with Crippen LogP contribution in [0.25, 0.3) is 0 Å². The van der Waals surface area contributed by atoms with E-state index in [1.54, 1.807) is 0 Å². The zero-order valence-corrected chi connectivity index (χ0v) is 13.3. The van der Waals surface area contributed by atoms with Gasteiger partial charge in [0.05, 0.1) is 6.61 Å². The summed E-state index contributed by atoms with van der Waals surface area (Å²) < 4.78 is 5.70. The average molecular weight is 290 g/mol. The van der Waals surface area contributed by atoms with E-state index >= 15 is 0 Å². The second-order valence-corrected chi connectivity index (χ2v) is 6.20. The molecule has 1 amide bonds. The Morgan fingerprint density at radius 1 is 1.48 bits per heavy atom. The second kappa shape index (κ2) is 7.46. The Morgan fingerprint density at radius 3 is 3.00 bits per heavy atom. The highest BCUT2D eigenvalue weighted by atomic mass is 16.5. The fourth-order valence-corrected chi connectivity index (χ4v) is 2.64.